The standard InChI is InChI=1S/C43H35NO2/c1-42(2,3)30-17-20-37-36(25-30)43(4,5)39-32-18-15-26(21-29(32)16-19-38(39)44(37)31-13-7-6-8-14-31)22-35-40(45)33-23-27-11-9-10-12-28(27)24-34(33)41(35)46/h6-25H,1-5H3. The van der Waals surface area contributed by atoms with Gasteiger partial charge >= 0.3 is 0 Å². The monoisotopic (exact) mass is 597 g/mol. The van der Waals surface area contributed by atoms with E-state index in [1.165, 1.54) is 22.4 Å². The lowest BCUT2D eigenvalue weighted by atomic mass is 9.70. The fourth-order valence-electron chi connectivity index (χ4n) is 7.39. The molecule has 0 unspecified atom stereocenters. The van der Waals surface area contributed by atoms with Crippen LogP contribution in [0.3, 0.4) is 0 Å². The van der Waals surface area contributed by atoms with Crippen molar-refractivity contribution in [2.45, 2.75) is 45.4 Å². The predicted octanol–water partition coefficient (Wildman–Crippen LogP) is 10.9. The van der Waals surface area contributed by atoms with Crippen molar-refractivity contribution in [2.75, 3.05) is 4.90 Å². The first-order chi connectivity index (χ1) is 22.0. The summed E-state index contributed by atoms with van der Waals surface area (Å²) in [7, 11) is 0. The minimum absolute atomic E-state index is 0.0195. The molecule has 3 nitrogen and oxygen atoms in total. The number of para-hydroxylation sites is 1. The highest BCUT2D eigenvalue weighted by molar-refractivity contribution is 6.42. The van der Waals surface area contributed by atoms with E-state index < -0.39 is 0 Å². The lowest BCUT2D eigenvalue weighted by Gasteiger charge is -2.43. The molecule has 6 aromatic carbocycles. The van der Waals surface area contributed by atoms with Crippen LogP contribution in [-0.4, -0.2) is 11.6 Å². The zero-order valence-electron chi connectivity index (χ0n) is 26.8. The van der Waals surface area contributed by atoms with Gasteiger partial charge in [0, 0.05) is 22.2 Å². The molecule has 0 aromatic heterocycles. The minimum atomic E-state index is -0.280. The number of allylic oxidation sites excluding steroid dienone is 1. The van der Waals surface area contributed by atoms with Crippen LogP contribution in [0.1, 0.15) is 77.6 Å². The summed E-state index contributed by atoms with van der Waals surface area (Å²) in [6.45, 7) is 11.4. The SMILES string of the molecule is CC(C)(C)c1ccc2c(c1)C(C)(C)c1c(ccc3cc(C=C4C(=O)c5cc6ccccc6cc5C4=O)ccc13)N2c1ccccc1. The number of anilines is 3. The molecule has 3 heteroatoms. The van der Waals surface area contributed by atoms with Crippen LogP contribution in [0.2, 0.25) is 0 Å². The van der Waals surface area contributed by atoms with Gasteiger partial charge in [0.2, 0.25) is 0 Å². The molecule has 46 heavy (non-hydrogen) atoms. The van der Waals surface area contributed by atoms with Crippen molar-refractivity contribution in [2.24, 2.45) is 0 Å². The van der Waals surface area contributed by atoms with Gasteiger partial charge in [-0.2, -0.15) is 0 Å². The van der Waals surface area contributed by atoms with Gasteiger partial charge in [-0.25, -0.2) is 0 Å². The number of carbonyl (C=O) groups is 2. The molecule has 1 aliphatic heterocycles. The molecule has 0 radical (unpaired) electrons. The maximum atomic E-state index is 13.5. The summed E-state index contributed by atoms with van der Waals surface area (Å²) in [6.07, 6.45) is 1.76. The van der Waals surface area contributed by atoms with Crippen molar-refractivity contribution in [3.8, 4) is 0 Å². The quantitative estimate of drug-likeness (QED) is 0.147. The van der Waals surface area contributed by atoms with Crippen molar-refractivity contribution < 1.29 is 9.59 Å². The highest BCUT2D eigenvalue weighted by atomic mass is 16.2. The lowest BCUT2D eigenvalue weighted by Crippen LogP contribution is -2.31. The van der Waals surface area contributed by atoms with Gasteiger partial charge in [0.05, 0.1) is 16.9 Å². The highest BCUT2D eigenvalue weighted by Gasteiger charge is 2.39. The second-order valence-corrected chi connectivity index (χ2v) is 14.2. The maximum absolute atomic E-state index is 13.5. The Hall–Kier alpha value is -5.28. The number of benzene rings is 6. The zero-order valence-corrected chi connectivity index (χ0v) is 26.8. The van der Waals surface area contributed by atoms with E-state index in [-0.39, 0.29) is 28.0 Å². The van der Waals surface area contributed by atoms with Gasteiger partial charge in [-0.05, 0) is 97.8 Å². The van der Waals surface area contributed by atoms with Crippen LogP contribution in [0.5, 0.6) is 0 Å². The van der Waals surface area contributed by atoms with Crippen molar-refractivity contribution in [1.29, 1.82) is 0 Å². The van der Waals surface area contributed by atoms with E-state index in [1.807, 2.05) is 42.5 Å². The average molecular weight is 598 g/mol. The third-order valence-electron chi connectivity index (χ3n) is 9.85. The van der Waals surface area contributed by atoms with E-state index >= 15 is 0 Å². The summed E-state index contributed by atoms with van der Waals surface area (Å²) in [4.78, 5) is 29.4. The van der Waals surface area contributed by atoms with E-state index in [1.54, 1.807) is 6.08 Å². The number of ketones is 2. The van der Waals surface area contributed by atoms with Crippen molar-refractivity contribution >= 4 is 56.2 Å². The molecule has 1 aliphatic carbocycles. The highest BCUT2D eigenvalue weighted by Crippen LogP contribution is 2.54. The van der Waals surface area contributed by atoms with Crippen LogP contribution < -0.4 is 4.90 Å². The molecular formula is C43H35NO2. The van der Waals surface area contributed by atoms with Crippen LogP contribution in [-0.2, 0) is 10.8 Å². The Kier molecular flexibility index (Phi) is 6.05. The molecule has 0 saturated heterocycles. The van der Waals surface area contributed by atoms with Gasteiger partial charge in [-0.3, -0.25) is 9.59 Å². The Morgan fingerprint density at radius 1 is 0.630 bits per heavy atom. The summed E-state index contributed by atoms with van der Waals surface area (Å²) in [5, 5.41) is 4.16. The Morgan fingerprint density at radius 2 is 1.26 bits per heavy atom. The van der Waals surface area contributed by atoms with Gasteiger partial charge < -0.3 is 4.90 Å². The Labute approximate surface area is 269 Å². The zero-order chi connectivity index (χ0) is 32.0. The molecule has 0 saturated carbocycles. The lowest BCUT2D eigenvalue weighted by molar-refractivity contribution is 0.0990. The molecule has 2 aliphatic rings. The maximum Gasteiger partial charge on any atom is 0.197 e. The molecule has 0 atom stereocenters. The number of hydrogen-bond acceptors (Lipinski definition) is 3. The van der Waals surface area contributed by atoms with Crippen LogP contribution in [0.25, 0.3) is 27.6 Å². The Balaban J connectivity index is 1.28. The van der Waals surface area contributed by atoms with Crippen LogP contribution in [0, 0.1) is 0 Å². The Bertz CT molecular complexity index is 2240. The van der Waals surface area contributed by atoms with Gasteiger partial charge in [-0.1, -0.05) is 107 Å². The number of rotatable bonds is 2. The molecule has 1 heterocycles. The average Bonchev–Trinajstić information content (AvgIpc) is 3.27. The van der Waals surface area contributed by atoms with Gasteiger partial charge in [0.1, 0.15) is 0 Å². The second-order valence-electron chi connectivity index (χ2n) is 14.2. The Morgan fingerprint density at radius 3 is 1.91 bits per heavy atom. The first-order valence-electron chi connectivity index (χ1n) is 15.9. The number of fused-ring (bicyclic) bond motifs is 6. The molecule has 224 valence electrons. The smallest absolute Gasteiger partial charge is 0.197 e. The molecule has 0 fully saturated rings. The topological polar surface area (TPSA) is 37.4 Å². The molecule has 0 bridgehead atoms. The summed E-state index contributed by atoms with van der Waals surface area (Å²) in [5.41, 5.74) is 9.12. The van der Waals surface area contributed by atoms with Gasteiger partial charge in [0.15, 0.2) is 11.6 Å². The van der Waals surface area contributed by atoms with Crippen LogP contribution in [0.4, 0.5) is 17.1 Å². The fourth-order valence-corrected chi connectivity index (χ4v) is 7.39. The van der Waals surface area contributed by atoms with Crippen molar-refractivity contribution in [3.05, 3.63) is 154 Å². The van der Waals surface area contributed by atoms with E-state index in [4.69, 9.17) is 0 Å². The van der Waals surface area contributed by atoms with Crippen LogP contribution in [0.15, 0.2) is 121 Å². The first kappa shape index (κ1) is 28.2. The largest absolute Gasteiger partial charge is 0.310 e. The second kappa shape index (κ2) is 9.86. The van der Waals surface area contributed by atoms with E-state index in [0.29, 0.717) is 11.1 Å². The van der Waals surface area contributed by atoms with Crippen molar-refractivity contribution in [3.63, 3.8) is 0 Å². The molecule has 0 spiro atoms. The summed E-state index contributed by atoms with van der Waals surface area (Å²) < 4.78 is 0. The number of hydrogen-bond donors (Lipinski definition) is 0. The van der Waals surface area contributed by atoms with E-state index in [2.05, 4.69) is 112 Å². The summed E-state index contributed by atoms with van der Waals surface area (Å²) >= 11 is 0. The molecular weight excluding hydrogens is 562 g/mol. The predicted molar refractivity (Wildman–Crippen MR) is 190 cm³/mol. The minimum Gasteiger partial charge on any atom is -0.310 e. The third-order valence-corrected chi connectivity index (χ3v) is 9.85. The molecule has 8 rings (SSSR count). The fraction of sp³-hybridized carbons (Fsp3) is 0.163. The van der Waals surface area contributed by atoms with Gasteiger partial charge in [-0.15, -0.1) is 0 Å². The number of Topliss-reactive ketones (excluding diaryl/α,β-unsaturated/α-hetero) is 2. The van der Waals surface area contributed by atoms with Crippen LogP contribution >= 0.6 is 0 Å². The molecule has 0 amide bonds. The summed E-state index contributed by atoms with van der Waals surface area (Å²) in [5.74, 6) is -0.413. The molecule has 0 N–H and O–H groups in total. The van der Waals surface area contributed by atoms with E-state index in [9.17, 15) is 9.59 Å². The number of nitrogens with zero attached hydrogens (tertiary/aromatic N) is 1. The summed E-state index contributed by atoms with van der Waals surface area (Å²) in [6, 6.07) is 39.7. The third kappa shape index (κ3) is 4.19. The number of carbonyl (C=O) groups excluding carboxylic acids is 2. The van der Waals surface area contributed by atoms with Gasteiger partial charge in [0.25, 0.3) is 0 Å². The van der Waals surface area contributed by atoms with E-state index in [0.717, 1.165) is 38.5 Å². The molecule has 6 aromatic rings. The van der Waals surface area contributed by atoms with Crippen molar-refractivity contribution in [1.82, 2.24) is 0 Å². The first-order valence-corrected chi connectivity index (χ1v) is 15.9. The normalized spacial score (nSPS) is 15.2.